The van der Waals surface area contributed by atoms with E-state index in [4.69, 9.17) is 5.11 Å². The SMILES string of the molecule is CC(O)C#Cc1ncccc1F. The lowest BCUT2D eigenvalue weighted by Gasteiger charge is -1.91. The van der Waals surface area contributed by atoms with Crippen LogP contribution < -0.4 is 0 Å². The molecule has 2 nitrogen and oxygen atoms in total. The second kappa shape index (κ2) is 3.84. The van der Waals surface area contributed by atoms with E-state index in [2.05, 4.69) is 16.8 Å². The molecular weight excluding hydrogens is 157 g/mol. The van der Waals surface area contributed by atoms with Gasteiger partial charge < -0.3 is 5.11 Å². The van der Waals surface area contributed by atoms with Gasteiger partial charge in [0, 0.05) is 6.20 Å². The van der Waals surface area contributed by atoms with E-state index in [1.165, 1.54) is 25.3 Å². The Balaban J connectivity index is 2.92. The molecule has 1 aromatic rings. The Morgan fingerprint density at radius 2 is 2.42 bits per heavy atom. The Kier molecular flexibility index (Phi) is 2.78. The van der Waals surface area contributed by atoms with Gasteiger partial charge in [-0.25, -0.2) is 9.37 Å². The van der Waals surface area contributed by atoms with Crippen molar-refractivity contribution >= 4 is 0 Å². The summed E-state index contributed by atoms with van der Waals surface area (Å²) in [5, 5.41) is 8.78. The normalized spacial score (nSPS) is 11.6. The van der Waals surface area contributed by atoms with Gasteiger partial charge in [-0.1, -0.05) is 5.92 Å². The van der Waals surface area contributed by atoms with Crippen LogP contribution in [0.1, 0.15) is 12.6 Å². The summed E-state index contributed by atoms with van der Waals surface area (Å²) in [5.74, 6) is 4.36. The van der Waals surface area contributed by atoms with Gasteiger partial charge in [0.05, 0.1) is 0 Å². The molecule has 0 radical (unpaired) electrons. The third kappa shape index (κ3) is 2.33. The van der Waals surface area contributed by atoms with Crippen LogP contribution in [0.5, 0.6) is 0 Å². The smallest absolute Gasteiger partial charge is 0.157 e. The molecule has 0 aliphatic rings. The summed E-state index contributed by atoms with van der Waals surface area (Å²) >= 11 is 0. The third-order valence-corrected chi connectivity index (χ3v) is 1.16. The molecule has 1 N–H and O–H groups in total. The van der Waals surface area contributed by atoms with E-state index >= 15 is 0 Å². The van der Waals surface area contributed by atoms with Crippen LogP contribution in [0, 0.1) is 17.7 Å². The Morgan fingerprint density at radius 1 is 1.67 bits per heavy atom. The van der Waals surface area contributed by atoms with Crippen LogP contribution in [-0.2, 0) is 0 Å². The first kappa shape index (κ1) is 8.69. The van der Waals surface area contributed by atoms with Crippen LogP contribution in [0.3, 0.4) is 0 Å². The van der Waals surface area contributed by atoms with Crippen molar-refractivity contribution in [2.24, 2.45) is 0 Å². The minimum absolute atomic E-state index is 0.0680. The van der Waals surface area contributed by atoms with Crippen LogP contribution in [0.25, 0.3) is 0 Å². The summed E-state index contributed by atoms with van der Waals surface area (Å²) in [6, 6.07) is 2.77. The predicted molar refractivity (Wildman–Crippen MR) is 42.8 cm³/mol. The van der Waals surface area contributed by atoms with E-state index in [9.17, 15) is 4.39 Å². The van der Waals surface area contributed by atoms with Gasteiger partial charge in [-0.2, -0.15) is 0 Å². The number of rotatable bonds is 0. The summed E-state index contributed by atoms with van der Waals surface area (Å²) < 4.78 is 12.8. The number of hydrogen-bond acceptors (Lipinski definition) is 2. The van der Waals surface area contributed by atoms with E-state index in [-0.39, 0.29) is 5.69 Å². The number of aliphatic hydroxyl groups is 1. The van der Waals surface area contributed by atoms with Crippen LogP contribution >= 0.6 is 0 Å². The molecule has 1 unspecified atom stereocenters. The lowest BCUT2D eigenvalue weighted by molar-refractivity contribution is 0.253. The minimum Gasteiger partial charge on any atom is -0.381 e. The molecule has 0 bridgehead atoms. The maximum Gasteiger partial charge on any atom is 0.157 e. The Labute approximate surface area is 70.1 Å². The van der Waals surface area contributed by atoms with Crippen LogP contribution in [0.2, 0.25) is 0 Å². The number of nitrogens with zero attached hydrogens (tertiary/aromatic N) is 1. The molecule has 3 heteroatoms. The van der Waals surface area contributed by atoms with Crippen molar-refractivity contribution in [2.45, 2.75) is 13.0 Å². The zero-order chi connectivity index (χ0) is 8.97. The second-order valence-corrected chi connectivity index (χ2v) is 2.28. The third-order valence-electron chi connectivity index (χ3n) is 1.16. The number of hydrogen-bond donors (Lipinski definition) is 1. The quantitative estimate of drug-likeness (QED) is 0.581. The molecule has 0 aromatic carbocycles. The molecule has 0 amide bonds. The molecule has 1 aromatic heterocycles. The summed E-state index contributed by atoms with van der Waals surface area (Å²) in [6.07, 6.45) is 0.696. The highest BCUT2D eigenvalue weighted by atomic mass is 19.1. The summed E-state index contributed by atoms with van der Waals surface area (Å²) in [5.41, 5.74) is 0.0680. The fourth-order valence-electron chi connectivity index (χ4n) is 0.650. The van der Waals surface area contributed by atoms with Crippen molar-refractivity contribution in [2.75, 3.05) is 0 Å². The van der Waals surface area contributed by atoms with Gasteiger partial charge in [0.15, 0.2) is 5.82 Å². The van der Waals surface area contributed by atoms with E-state index in [1.807, 2.05) is 0 Å². The molecule has 1 heterocycles. The number of aliphatic hydroxyl groups excluding tert-OH is 1. The van der Waals surface area contributed by atoms with Crippen molar-refractivity contribution in [1.82, 2.24) is 4.98 Å². The highest BCUT2D eigenvalue weighted by molar-refractivity contribution is 5.29. The fourth-order valence-corrected chi connectivity index (χ4v) is 0.650. The van der Waals surface area contributed by atoms with Crippen molar-refractivity contribution in [3.63, 3.8) is 0 Å². The second-order valence-electron chi connectivity index (χ2n) is 2.28. The van der Waals surface area contributed by atoms with Gasteiger partial charge in [-0.05, 0) is 25.0 Å². The topological polar surface area (TPSA) is 33.1 Å². The van der Waals surface area contributed by atoms with Gasteiger partial charge >= 0.3 is 0 Å². The van der Waals surface area contributed by atoms with Crippen molar-refractivity contribution in [3.05, 3.63) is 29.8 Å². The summed E-state index contributed by atoms with van der Waals surface area (Å²) in [4.78, 5) is 3.69. The monoisotopic (exact) mass is 165 g/mol. The van der Waals surface area contributed by atoms with E-state index in [1.54, 1.807) is 0 Å². The molecule has 62 valence electrons. The standard InChI is InChI=1S/C9H8FNO/c1-7(12)4-5-9-8(10)3-2-6-11-9/h2-3,6-7,12H,1H3. The van der Waals surface area contributed by atoms with Crippen molar-refractivity contribution in [1.29, 1.82) is 0 Å². The first-order valence-electron chi connectivity index (χ1n) is 3.50. The van der Waals surface area contributed by atoms with Gasteiger partial charge in [0.1, 0.15) is 11.8 Å². The molecular formula is C9H8FNO. The molecule has 0 aliphatic heterocycles. The average molecular weight is 165 g/mol. The van der Waals surface area contributed by atoms with Crippen molar-refractivity contribution in [3.8, 4) is 11.8 Å². The lowest BCUT2D eigenvalue weighted by Crippen LogP contribution is -1.94. The van der Waals surface area contributed by atoms with Gasteiger partial charge in [0.2, 0.25) is 0 Å². The summed E-state index contributed by atoms with van der Waals surface area (Å²) in [7, 11) is 0. The lowest BCUT2D eigenvalue weighted by atomic mass is 10.3. The minimum atomic E-state index is -0.758. The maximum absolute atomic E-state index is 12.8. The van der Waals surface area contributed by atoms with Gasteiger partial charge in [0.25, 0.3) is 0 Å². The Hall–Kier alpha value is -1.40. The molecule has 0 saturated carbocycles. The zero-order valence-electron chi connectivity index (χ0n) is 6.58. The zero-order valence-corrected chi connectivity index (χ0v) is 6.58. The fraction of sp³-hybridized carbons (Fsp3) is 0.222. The number of pyridine rings is 1. The average Bonchev–Trinajstić information content (AvgIpc) is 2.03. The molecule has 0 spiro atoms. The predicted octanol–water partition coefficient (Wildman–Crippen LogP) is 0.953. The largest absolute Gasteiger partial charge is 0.381 e. The number of aromatic nitrogens is 1. The molecule has 1 rings (SSSR count). The van der Waals surface area contributed by atoms with E-state index in [0.717, 1.165) is 0 Å². The molecule has 1 atom stereocenters. The highest BCUT2D eigenvalue weighted by Crippen LogP contribution is 1.99. The maximum atomic E-state index is 12.8. The Morgan fingerprint density at radius 3 is 3.00 bits per heavy atom. The first-order chi connectivity index (χ1) is 5.70. The van der Waals surface area contributed by atoms with Crippen LogP contribution in [0.4, 0.5) is 4.39 Å². The van der Waals surface area contributed by atoms with Crippen LogP contribution in [-0.4, -0.2) is 16.2 Å². The Bertz CT molecular complexity index is 325. The van der Waals surface area contributed by atoms with E-state index in [0.29, 0.717) is 0 Å². The first-order valence-corrected chi connectivity index (χ1v) is 3.50. The van der Waals surface area contributed by atoms with E-state index < -0.39 is 11.9 Å². The molecule has 12 heavy (non-hydrogen) atoms. The van der Waals surface area contributed by atoms with Gasteiger partial charge in [-0.15, -0.1) is 0 Å². The van der Waals surface area contributed by atoms with Crippen molar-refractivity contribution < 1.29 is 9.50 Å². The molecule has 0 aliphatic carbocycles. The summed E-state index contributed by atoms with van der Waals surface area (Å²) in [6.45, 7) is 1.51. The highest BCUT2D eigenvalue weighted by Gasteiger charge is 1.96. The van der Waals surface area contributed by atoms with Crippen LogP contribution in [0.15, 0.2) is 18.3 Å². The van der Waals surface area contributed by atoms with Gasteiger partial charge in [-0.3, -0.25) is 0 Å². The molecule has 0 saturated heterocycles. The number of halogens is 1. The molecule has 0 fully saturated rings.